The zero-order valence-corrected chi connectivity index (χ0v) is 18.4. The molecule has 5 rings (SSSR count). The summed E-state index contributed by atoms with van der Waals surface area (Å²) < 4.78 is 41.7. The first-order chi connectivity index (χ1) is 15.0. The standard InChI is InChI=1S/C25H26F3N3O/c1-23(2)22(32)24(3,10-11-25(26,27)28)18-14-17(15-6-4-7-16(15)21(18)30-23)19-8-5-9-20-29-12-13-31(19)20/h5,8-9,12-14,30H,4,6-7,10-11H2,1-3H3. The van der Waals surface area contributed by atoms with Crippen LogP contribution in [0.4, 0.5) is 18.9 Å². The summed E-state index contributed by atoms with van der Waals surface area (Å²) in [5, 5.41) is 3.40. The summed E-state index contributed by atoms with van der Waals surface area (Å²) in [4.78, 5) is 17.9. The summed E-state index contributed by atoms with van der Waals surface area (Å²) in [6, 6.07) is 7.83. The number of carbonyl (C=O) groups is 1. The van der Waals surface area contributed by atoms with Crippen LogP contribution in [0.5, 0.6) is 0 Å². The molecule has 0 fully saturated rings. The number of halogens is 3. The molecule has 3 heterocycles. The molecule has 1 aliphatic heterocycles. The van der Waals surface area contributed by atoms with Gasteiger partial charge >= 0.3 is 6.18 Å². The maximum atomic E-state index is 13.5. The predicted molar refractivity (Wildman–Crippen MR) is 118 cm³/mol. The van der Waals surface area contributed by atoms with Crippen molar-refractivity contribution in [3.05, 3.63) is 53.3 Å². The summed E-state index contributed by atoms with van der Waals surface area (Å²) in [6.07, 6.45) is 0.777. The van der Waals surface area contributed by atoms with Gasteiger partial charge in [0.05, 0.1) is 16.6 Å². The Morgan fingerprint density at radius 1 is 1.16 bits per heavy atom. The molecule has 0 bridgehead atoms. The average molecular weight is 441 g/mol. The number of alkyl halides is 3. The van der Waals surface area contributed by atoms with E-state index in [0.29, 0.717) is 5.56 Å². The molecule has 1 aliphatic carbocycles. The normalized spacial score (nSPS) is 22.0. The van der Waals surface area contributed by atoms with Crippen LogP contribution in [0, 0.1) is 0 Å². The van der Waals surface area contributed by atoms with Crippen molar-refractivity contribution in [2.24, 2.45) is 0 Å². The van der Waals surface area contributed by atoms with E-state index in [0.717, 1.165) is 47.4 Å². The lowest BCUT2D eigenvalue weighted by molar-refractivity contribution is -0.143. The number of pyridine rings is 1. The van der Waals surface area contributed by atoms with Crippen LogP contribution in [-0.2, 0) is 23.1 Å². The number of hydrogen-bond donors (Lipinski definition) is 1. The predicted octanol–water partition coefficient (Wildman–Crippen LogP) is 5.86. The number of nitrogens with one attached hydrogen (secondary N) is 1. The van der Waals surface area contributed by atoms with Crippen LogP contribution in [0.25, 0.3) is 16.9 Å². The molecular weight excluding hydrogens is 415 g/mol. The molecular formula is C25H26F3N3O. The third kappa shape index (κ3) is 3.12. The fourth-order valence-electron chi connectivity index (χ4n) is 5.58. The Labute approximate surface area is 184 Å². The highest BCUT2D eigenvalue weighted by atomic mass is 19.4. The van der Waals surface area contributed by atoms with E-state index in [1.54, 1.807) is 27.0 Å². The minimum absolute atomic E-state index is 0.202. The first kappa shape index (κ1) is 21.0. The lowest BCUT2D eigenvalue weighted by Crippen LogP contribution is -2.55. The second kappa shape index (κ2) is 6.83. The lowest BCUT2D eigenvalue weighted by atomic mass is 9.65. The third-order valence-electron chi connectivity index (χ3n) is 7.12. The minimum atomic E-state index is -4.32. The van der Waals surface area contributed by atoms with Gasteiger partial charge in [-0.15, -0.1) is 0 Å². The van der Waals surface area contributed by atoms with Crippen LogP contribution in [-0.4, -0.2) is 26.9 Å². The van der Waals surface area contributed by atoms with Crippen LogP contribution < -0.4 is 5.32 Å². The molecule has 0 spiro atoms. The second-order valence-corrected chi connectivity index (χ2v) is 9.75. The molecule has 4 nitrogen and oxygen atoms in total. The number of benzene rings is 1. The molecule has 0 saturated carbocycles. The molecule has 0 radical (unpaired) electrons. The van der Waals surface area contributed by atoms with E-state index in [1.807, 2.05) is 34.9 Å². The fraction of sp³-hybridized carbons (Fsp3) is 0.440. The smallest absolute Gasteiger partial charge is 0.373 e. The van der Waals surface area contributed by atoms with Crippen molar-refractivity contribution in [1.29, 1.82) is 0 Å². The molecule has 0 amide bonds. The van der Waals surface area contributed by atoms with Crippen LogP contribution in [0.1, 0.15) is 56.7 Å². The quantitative estimate of drug-likeness (QED) is 0.554. The van der Waals surface area contributed by atoms with Gasteiger partial charge in [-0.2, -0.15) is 13.2 Å². The molecule has 2 aromatic heterocycles. The van der Waals surface area contributed by atoms with E-state index in [2.05, 4.69) is 10.3 Å². The van der Waals surface area contributed by atoms with E-state index < -0.39 is 23.6 Å². The van der Waals surface area contributed by atoms with E-state index in [9.17, 15) is 18.0 Å². The van der Waals surface area contributed by atoms with Crippen molar-refractivity contribution in [3.63, 3.8) is 0 Å². The van der Waals surface area contributed by atoms with Crippen molar-refractivity contribution in [1.82, 2.24) is 9.38 Å². The second-order valence-electron chi connectivity index (χ2n) is 9.75. The molecule has 1 N–H and O–H groups in total. The Hall–Kier alpha value is -2.83. The molecule has 7 heteroatoms. The van der Waals surface area contributed by atoms with Gasteiger partial charge in [-0.1, -0.05) is 6.07 Å². The van der Waals surface area contributed by atoms with E-state index in [-0.39, 0.29) is 12.2 Å². The Morgan fingerprint density at radius 3 is 2.66 bits per heavy atom. The van der Waals surface area contributed by atoms with Gasteiger partial charge in [-0.25, -0.2) is 4.98 Å². The summed E-state index contributed by atoms with van der Waals surface area (Å²) >= 11 is 0. The number of anilines is 1. The Morgan fingerprint density at radius 2 is 1.91 bits per heavy atom. The number of ketones is 1. The lowest BCUT2D eigenvalue weighted by Gasteiger charge is -2.45. The van der Waals surface area contributed by atoms with Crippen molar-refractivity contribution in [3.8, 4) is 11.3 Å². The number of hydrogen-bond acceptors (Lipinski definition) is 3. The van der Waals surface area contributed by atoms with Gasteiger partial charge in [0.25, 0.3) is 0 Å². The number of nitrogens with zero attached hydrogens (tertiary/aromatic N) is 2. The van der Waals surface area contributed by atoms with Crippen LogP contribution in [0.15, 0.2) is 36.7 Å². The number of rotatable bonds is 3. The first-order valence-corrected chi connectivity index (χ1v) is 11.0. The topological polar surface area (TPSA) is 46.4 Å². The summed E-state index contributed by atoms with van der Waals surface area (Å²) in [5.41, 5.74) is 4.44. The van der Waals surface area contributed by atoms with Gasteiger partial charge in [-0.05, 0) is 81.3 Å². The zero-order chi connectivity index (χ0) is 22.9. The summed E-state index contributed by atoms with van der Waals surface area (Å²) in [6.45, 7) is 5.22. The summed E-state index contributed by atoms with van der Waals surface area (Å²) in [5.74, 6) is -0.202. The molecule has 168 valence electrons. The maximum absolute atomic E-state index is 13.5. The average Bonchev–Trinajstić information content (AvgIpc) is 3.39. The van der Waals surface area contributed by atoms with Gasteiger partial charge in [0.1, 0.15) is 5.65 Å². The van der Waals surface area contributed by atoms with Gasteiger partial charge in [0, 0.05) is 30.1 Å². The zero-order valence-electron chi connectivity index (χ0n) is 18.4. The number of aromatic nitrogens is 2. The largest absolute Gasteiger partial charge is 0.389 e. The fourth-order valence-corrected chi connectivity index (χ4v) is 5.58. The summed E-state index contributed by atoms with van der Waals surface area (Å²) in [7, 11) is 0. The van der Waals surface area contributed by atoms with E-state index in [1.165, 1.54) is 5.56 Å². The highest BCUT2D eigenvalue weighted by molar-refractivity contribution is 6.04. The van der Waals surface area contributed by atoms with E-state index >= 15 is 0 Å². The SMILES string of the molecule is CC1(C)Nc2c(cc(-c3cccc4nccn34)c3c2CCC3)C(C)(CCC(F)(F)F)C1=O. The van der Waals surface area contributed by atoms with Gasteiger partial charge in [0.15, 0.2) is 5.78 Å². The first-order valence-electron chi connectivity index (χ1n) is 11.0. The maximum Gasteiger partial charge on any atom is 0.389 e. The number of Topliss-reactive ketones (excluding diaryl/α,β-unsaturated/α-hetero) is 1. The van der Waals surface area contributed by atoms with Gasteiger partial charge in [0.2, 0.25) is 0 Å². The van der Waals surface area contributed by atoms with Crippen molar-refractivity contribution in [2.45, 2.75) is 70.0 Å². The highest BCUT2D eigenvalue weighted by Crippen LogP contribution is 2.50. The monoisotopic (exact) mass is 441 g/mol. The van der Waals surface area contributed by atoms with Crippen LogP contribution >= 0.6 is 0 Å². The molecule has 32 heavy (non-hydrogen) atoms. The Balaban J connectivity index is 1.77. The molecule has 0 saturated heterocycles. The van der Waals surface area contributed by atoms with Gasteiger partial charge in [-0.3, -0.25) is 9.20 Å². The molecule has 3 aromatic rings. The molecule has 1 unspecified atom stereocenters. The van der Waals surface area contributed by atoms with Crippen LogP contribution in [0.3, 0.4) is 0 Å². The van der Waals surface area contributed by atoms with E-state index in [4.69, 9.17) is 0 Å². The molecule has 1 atom stereocenters. The highest BCUT2D eigenvalue weighted by Gasteiger charge is 2.51. The van der Waals surface area contributed by atoms with Crippen molar-refractivity contribution >= 4 is 17.1 Å². The number of fused-ring (bicyclic) bond motifs is 4. The Kier molecular flexibility index (Phi) is 4.49. The number of imidazole rings is 1. The minimum Gasteiger partial charge on any atom is -0.373 e. The molecule has 1 aromatic carbocycles. The molecule has 2 aliphatic rings. The number of carbonyl (C=O) groups excluding carboxylic acids is 1. The third-order valence-corrected chi connectivity index (χ3v) is 7.12. The van der Waals surface area contributed by atoms with Gasteiger partial charge < -0.3 is 5.32 Å². The Bertz CT molecular complexity index is 1240. The van der Waals surface area contributed by atoms with Crippen LogP contribution in [0.2, 0.25) is 0 Å². The van der Waals surface area contributed by atoms with Crippen molar-refractivity contribution < 1.29 is 18.0 Å². The van der Waals surface area contributed by atoms with Crippen molar-refractivity contribution in [2.75, 3.05) is 5.32 Å².